The molecule has 0 saturated carbocycles. The van der Waals surface area contributed by atoms with Gasteiger partial charge in [0.2, 0.25) is 0 Å². The number of amides is 1. The van der Waals surface area contributed by atoms with E-state index in [2.05, 4.69) is 19.2 Å². The van der Waals surface area contributed by atoms with E-state index in [0.29, 0.717) is 23.8 Å². The Hall–Kier alpha value is -2.04. The molecule has 0 aliphatic carbocycles. The summed E-state index contributed by atoms with van der Waals surface area (Å²) in [5, 5.41) is 11.6. The fourth-order valence-electron chi connectivity index (χ4n) is 1.65. The maximum Gasteiger partial charge on any atom is 0.307 e. The SMILES string of the molecule is CC(C)CCNC(=O)COc1ccccc1CC(=O)O. The lowest BCUT2D eigenvalue weighted by Crippen LogP contribution is -2.30. The molecule has 0 spiro atoms. The fraction of sp³-hybridized carbons (Fsp3) is 0.467. The lowest BCUT2D eigenvalue weighted by molar-refractivity contribution is -0.136. The van der Waals surface area contributed by atoms with E-state index in [-0.39, 0.29) is 18.9 Å². The van der Waals surface area contributed by atoms with E-state index in [1.54, 1.807) is 24.3 Å². The predicted octanol–water partition coefficient (Wildman–Crippen LogP) is 1.85. The lowest BCUT2D eigenvalue weighted by Gasteiger charge is -2.11. The fourth-order valence-corrected chi connectivity index (χ4v) is 1.65. The molecule has 1 aromatic carbocycles. The van der Waals surface area contributed by atoms with Crippen LogP contribution >= 0.6 is 0 Å². The number of nitrogens with one attached hydrogen (secondary N) is 1. The van der Waals surface area contributed by atoms with Gasteiger partial charge in [-0.3, -0.25) is 9.59 Å². The zero-order valence-corrected chi connectivity index (χ0v) is 11.9. The average Bonchev–Trinajstić information content (AvgIpc) is 2.36. The van der Waals surface area contributed by atoms with Crippen LogP contribution in [-0.2, 0) is 16.0 Å². The number of carbonyl (C=O) groups is 2. The molecule has 110 valence electrons. The average molecular weight is 279 g/mol. The summed E-state index contributed by atoms with van der Waals surface area (Å²) in [5.41, 5.74) is 0.565. The highest BCUT2D eigenvalue weighted by molar-refractivity contribution is 5.77. The Bertz CT molecular complexity index is 457. The molecule has 0 aliphatic rings. The number of carboxylic acids is 1. The van der Waals surface area contributed by atoms with Gasteiger partial charge in [-0.15, -0.1) is 0 Å². The molecule has 0 heterocycles. The third-order valence-corrected chi connectivity index (χ3v) is 2.72. The van der Waals surface area contributed by atoms with Gasteiger partial charge in [-0.2, -0.15) is 0 Å². The number of carboxylic acid groups (broad SMARTS) is 1. The van der Waals surface area contributed by atoms with Crippen molar-refractivity contribution >= 4 is 11.9 Å². The van der Waals surface area contributed by atoms with Crippen LogP contribution < -0.4 is 10.1 Å². The van der Waals surface area contributed by atoms with Crippen LogP contribution in [0.1, 0.15) is 25.8 Å². The van der Waals surface area contributed by atoms with Gasteiger partial charge in [-0.25, -0.2) is 0 Å². The maximum absolute atomic E-state index is 11.6. The minimum absolute atomic E-state index is 0.102. The summed E-state index contributed by atoms with van der Waals surface area (Å²) in [7, 11) is 0. The van der Waals surface area contributed by atoms with Crippen molar-refractivity contribution in [2.45, 2.75) is 26.7 Å². The van der Waals surface area contributed by atoms with E-state index < -0.39 is 5.97 Å². The van der Waals surface area contributed by atoms with E-state index in [0.717, 1.165) is 6.42 Å². The lowest BCUT2D eigenvalue weighted by atomic mass is 10.1. The molecule has 1 aromatic rings. The number of carbonyl (C=O) groups excluding carboxylic acids is 1. The second-order valence-electron chi connectivity index (χ2n) is 5.00. The number of rotatable bonds is 8. The predicted molar refractivity (Wildman–Crippen MR) is 75.7 cm³/mol. The third-order valence-electron chi connectivity index (χ3n) is 2.72. The van der Waals surface area contributed by atoms with Crippen molar-refractivity contribution in [2.75, 3.05) is 13.2 Å². The molecule has 2 N–H and O–H groups in total. The molecule has 20 heavy (non-hydrogen) atoms. The van der Waals surface area contributed by atoms with E-state index in [4.69, 9.17) is 9.84 Å². The number of ether oxygens (including phenoxy) is 1. The van der Waals surface area contributed by atoms with E-state index in [1.165, 1.54) is 0 Å². The Balaban J connectivity index is 2.44. The summed E-state index contributed by atoms with van der Waals surface area (Å²) < 4.78 is 5.38. The largest absolute Gasteiger partial charge is 0.483 e. The molecule has 1 amide bonds. The molecular formula is C15H21NO4. The van der Waals surface area contributed by atoms with Crippen LogP contribution in [0.4, 0.5) is 0 Å². The van der Waals surface area contributed by atoms with Crippen molar-refractivity contribution < 1.29 is 19.4 Å². The normalized spacial score (nSPS) is 10.3. The number of aliphatic carboxylic acids is 1. The Morgan fingerprint density at radius 1 is 1.30 bits per heavy atom. The van der Waals surface area contributed by atoms with Gasteiger partial charge in [0.1, 0.15) is 5.75 Å². The highest BCUT2D eigenvalue weighted by atomic mass is 16.5. The van der Waals surface area contributed by atoms with Crippen molar-refractivity contribution in [1.82, 2.24) is 5.32 Å². The van der Waals surface area contributed by atoms with Gasteiger partial charge in [0.15, 0.2) is 6.61 Å². The summed E-state index contributed by atoms with van der Waals surface area (Å²) in [6.45, 7) is 4.70. The molecule has 0 aliphatic heterocycles. The van der Waals surface area contributed by atoms with Crippen LogP contribution in [0.3, 0.4) is 0 Å². The van der Waals surface area contributed by atoms with Gasteiger partial charge in [0, 0.05) is 12.1 Å². The van der Waals surface area contributed by atoms with Gasteiger partial charge in [0.05, 0.1) is 6.42 Å². The number of hydrogen-bond donors (Lipinski definition) is 2. The van der Waals surface area contributed by atoms with Crippen molar-refractivity contribution in [3.63, 3.8) is 0 Å². The molecule has 1 rings (SSSR count). The molecule has 0 fully saturated rings. The molecule has 0 atom stereocenters. The minimum Gasteiger partial charge on any atom is -0.483 e. The zero-order chi connectivity index (χ0) is 15.0. The second-order valence-corrected chi connectivity index (χ2v) is 5.00. The maximum atomic E-state index is 11.6. The number of hydrogen-bond acceptors (Lipinski definition) is 3. The monoisotopic (exact) mass is 279 g/mol. The van der Waals surface area contributed by atoms with E-state index in [1.807, 2.05) is 0 Å². The molecular weight excluding hydrogens is 258 g/mol. The first-order valence-electron chi connectivity index (χ1n) is 6.68. The first kappa shape index (κ1) is 16.0. The topological polar surface area (TPSA) is 75.6 Å². The molecule has 0 radical (unpaired) electrons. The van der Waals surface area contributed by atoms with Crippen LogP contribution in [0.2, 0.25) is 0 Å². The first-order valence-corrected chi connectivity index (χ1v) is 6.68. The van der Waals surface area contributed by atoms with Crippen molar-refractivity contribution in [3.05, 3.63) is 29.8 Å². The van der Waals surface area contributed by atoms with Crippen LogP contribution in [-0.4, -0.2) is 30.1 Å². The summed E-state index contributed by atoms with van der Waals surface area (Å²) in [5.74, 6) is -0.153. The zero-order valence-electron chi connectivity index (χ0n) is 11.9. The van der Waals surface area contributed by atoms with Gasteiger partial charge in [-0.1, -0.05) is 32.0 Å². The quantitative estimate of drug-likeness (QED) is 0.761. The van der Waals surface area contributed by atoms with E-state index >= 15 is 0 Å². The van der Waals surface area contributed by atoms with Crippen LogP contribution in [0.15, 0.2) is 24.3 Å². The first-order chi connectivity index (χ1) is 9.49. The highest BCUT2D eigenvalue weighted by Gasteiger charge is 2.09. The van der Waals surface area contributed by atoms with Crippen molar-refractivity contribution in [3.8, 4) is 5.75 Å². The Kier molecular flexibility index (Phi) is 6.56. The number of para-hydroxylation sites is 1. The molecule has 0 unspecified atom stereocenters. The smallest absolute Gasteiger partial charge is 0.307 e. The highest BCUT2D eigenvalue weighted by Crippen LogP contribution is 2.18. The van der Waals surface area contributed by atoms with E-state index in [9.17, 15) is 9.59 Å². The van der Waals surface area contributed by atoms with Crippen molar-refractivity contribution in [2.24, 2.45) is 5.92 Å². The van der Waals surface area contributed by atoms with Crippen LogP contribution in [0, 0.1) is 5.92 Å². The molecule has 0 saturated heterocycles. The minimum atomic E-state index is -0.928. The van der Waals surface area contributed by atoms with Crippen LogP contribution in [0.25, 0.3) is 0 Å². The van der Waals surface area contributed by atoms with Crippen LogP contribution in [0.5, 0.6) is 5.75 Å². The Morgan fingerprint density at radius 3 is 2.65 bits per heavy atom. The number of benzene rings is 1. The summed E-state index contributed by atoms with van der Waals surface area (Å²) in [6, 6.07) is 6.84. The molecule has 5 nitrogen and oxygen atoms in total. The summed E-state index contributed by atoms with van der Waals surface area (Å²) in [4.78, 5) is 22.3. The standard InChI is InChI=1S/C15H21NO4/c1-11(2)7-8-16-14(17)10-20-13-6-4-3-5-12(13)9-15(18)19/h3-6,11H,7-10H2,1-2H3,(H,16,17)(H,18,19). The molecule has 5 heteroatoms. The molecule has 0 aromatic heterocycles. The third kappa shape index (κ3) is 6.22. The second kappa shape index (κ2) is 8.19. The van der Waals surface area contributed by atoms with Gasteiger partial charge < -0.3 is 15.2 Å². The molecule has 0 bridgehead atoms. The Morgan fingerprint density at radius 2 is 2.00 bits per heavy atom. The van der Waals surface area contributed by atoms with Gasteiger partial charge in [0.25, 0.3) is 5.91 Å². The van der Waals surface area contributed by atoms with Gasteiger partial charge in [-0.05, 0) is 18.4 Å². The Labute approximate surface area is 118 Å². The summed E-state index contributed by atoms with van der Waals surface area (Å²) >= 11 is 0. The van der Waals surface area contributed by atoms with Crippen molar-refractivity contribution in [1.29, 1.82) is 0 Å². The summed E-state index contributed by atoms with van der Waals surface area (Å²) in [6.07, 6.45) is 0.798. The van der Waals surface area contributed by atoms with Gasteiger partial charge >= 0.3 is 5.97 Å².